The Morgan fingerprint density at radius 3 is 2.35 bits per heavy atom. The Labute approximate surface area is 105 Å². The Kier molecular flexibility index (Phi) is 4.42. The number of hydrogen-bond acceptors (Lipinski definition) is 4. The van der Waals surface area contributed by atoms with E-state index < -0.39 is 0 Å². The van der Waals surface area contributed by atoms with Gasteiger partial charge in [0.2, 0.25) is 0 Å². The van der Waals surface area contributed by atoms with Gasteiger partial charge >= 0.3 is 0 Å². The Hall–Kier alpha value is -0.160. The summed E-state index contributed by atoms with van der Waals surface area (Å²) in [7, 11) is 0. The van der Waals surface area contributed by atoms with Crippen LogP contribution < -0.4 is 5.73 Å². The van der Waals surface area contributed by atoms with Gasteiger partial charge in [-0.1, -0.05) is 0 Å². The lowest BCUT2D eigenvalue weighted by Crippen LogP contribution is -2.47. The normalized spacial score (nSPS) is 32.8. The number of likely N-dealkylation sites (tertiary alicyclic amines) is 2. The first-order chi connectivity index (χ1) is 8.08. The fraction of sp³-hybridized carbons (Fsp3) is 1.00. The average molecular weight is 241 g/mol. The smallest absolute Gasteiger partial charge is 0.0664 e. The van der Waals surface area contributed by atoms with Gasteiger partial charge < -0.3 is 10.8 Å². The summed E-state index contributed by atoms with van der Waals surface area (Å²) < 4.78 is 0. The minimum atomic E-state index is -0.233. The second kappa shape index (κ2) is 5.65. The van der Waals surface area contributed by atoms with E-state index >= 15 is 0 Å². The van der Waals surface area contributed by atoms with Crippen molar-refractivity contribution in [3.63, 3.8) is 0 Å². The van der Waals surface area contributed by atoms with E-state index in [1.165, 1.54) is 6.42 Å². The van der Waals surface area contributed by atoms with Crippen LogP contribution in [-0.4, -0.2) is 65.3 Å². The van der Waals surface area contributed by atoms with E-state index in [0.717, 1.165) is 39.0 Å². The molecule has 2 rings (SSSR count). The number of piperidine rings is 1. The highest BCUT2D eigenvalue weighted by Gasteiger charge is 2.32. The molecule has 0 radical (unpaired) electrons. The summed E-state index contributed by atoms with van der Waals surface area (Å²) in [5, 5.41) is 9.64. The molecule has 17 heavy (non-hydrogen) atoms. The van der Waals surface area contributed by atoms with Crippen LogP contribution in [0.15, 0.2) is 0 Å². The third kappa shape index (κ3) is 3.19. The van der Waals surface area contributed by atoms with Crippen molar-refractivity contribution < 1.29 is 5.11 Å². The molecule has 3 unspecified atom stereocenters. The van der Waals surface area contributed by atoms with E-state index in [9.17, 15) is 5.11 Å². The van der Waals surface area contributed by atoms with Gasteiger partial charge in [0.15, 0.2) is 0 Å². The van der Waals surface area contributed by atoms with Crippen molar-refractivity contribution in [2.75, 3.05) is 26.2 Å². The first kappa shape index (κ1) is 13.3. The van der Waals surface area contributed by atoms with Gasteiger partial charge in [0.1, 0.15) is 0 Å². The van der Waals surface area contributed by atoms with Crippen molar-refractivity contribution in [2.24, 2.45) is 5.73 Å². The van der Waals surface area contributed by atoms with Crippen molar-refractivity contribution in [1.82, 2.24) is 9.80 Å². The monoisotopic (exact) mass is 241 g/mol. The van der Waals surface area contributed by atoms with E-state index in [4.69, 9.17) is 5.73 Å². The Morgan fingerprint density at radius 1 is 1.12 bits per heavy atom. The van der Waals surface area contributed by atoms with Crippen LogP contribution in [0.1, 0.15) is 33.1 Å². The van der Waals surface area contributed by atoms with Crippen LogP contribution in [0.5, 0.6) is 0 Å². The molecule has 2 fully saturated rings. The maximum absolute atomic E-state index is 9.64. The molecule has 0 aliphatic carbocycles. The van der Waals surface area contributed by atoms with Crippen molar-refractivity contribution >= 4 is 0 Å². The summed E-state index contributed by atoms with van der Waals surface area (Å²) in [4.78, 5) is 5.02. The van der Waals surface area contributed by atoms with Gasteiger partial charge in [-0.05, 0) is 46.2 Å². The minimum absolute atomic E-state index is 0.233. The van der Waals surface area contributed by atoms with Gasteiger partial charge in [-0.15, -0.1) is 0 Å². The van der Waals surface area contributed by atoms with Crippen LogP contribution in [0.2, 0.25) is 0 Å². The Bertz CT molecular complexity index is 239. The number of rotatable bonds is 3. The van der Waals surface area contributed by atoms with Gasteiger partial charge in [0.25, 0.3) is 0 Å². The molecule has 2 saturated heterocycles. The van der Waals surface area contributed by atoms with E-state index in [-0.39, 0.29) is 12.1 Å². The van der Waals surface area contributed by atoms with E-state index in [2.05, 4.69) is 16.7 Å². The molecular weight excluding hydrogens is 214 g/mol. The molecule has 0 aromatic carbocycles. The third-order valence-electron chi connectivity index (χ3n) is 4.56. The molecule has 3 atom stereocenters. The van der Waals surface area contributed by atoms with Gasteiger partial charge in [0, 0.05) is 31.2 Å². The standard InChI is InChI=1S/C13H27N3O/c1-10(11(2)17)16-8-5-13(9-16)15-6-3-12(14)4-7-15/h10-13,17H,3-9,14H2,1-2H3. The second-order valence-electron chi connectivity index (χ2n) is 5.79. The van der Waals surface area contributed by atoms with Crippen molar-refractivity contribution in [1.29, 1.82) is 0 Å². The highest BCUT2D eigenvalue weighted by Crippen LogP contribution is 2.22. The molecule has 3 N–H and O–H groups in total. The number of aliphatic hydroxyl groups excluding tert-OH is 1. The molecule has 0 bridgehead atoms. The van der Waals surface area contributed by atoms with Crippen LogP contribution in [0.4, 0.5) is 0 Å². The topological polar surface area (TPSA) is 52.7 Å². The maximum atomic E-state index is 9.64. The van der Waals surface area contributed by atoms with Crippen LogP contribution in [0.3, 0.4) is 0 Å². The molecule has 4 heteroatoms. The van der Waals surface area contributed by atoms with Crippen molar-refractivity contribution in [3.05, 3.63) is 0 Å². The molecule has 0 saturated carbocycles. The van der Waals surface area contributed by atoms with Gasteiger partial charge in [0.05, 0.1) is 6.10 Å². The average Bonchev–Trinajstić information content (AvgIpc) is 2.78. The summed E-state index contributed by atoms with van der Waals surface area (Å²) in [6, 6.07) is 1.39. The minimum Gasteiger partial charge on any atom is -0.392 e. The first-order valence-corrected chi connectivity index (χ1v) is 6.99. The van der Waals surface area contributed by atoms with E-state index in [0.29, 0.717) is 12.1 Å². The molecule has 100 valence electrons. The van der Waals surface area contributed by atoms with Gasteiger partial charge in [-0.3, -0.25) is 9.80 Å². The molecule has 2 aliphatic rings. The summed E-state index contributed by atoms with van der Waals surface area (Å²) in [5.74, 6) is 0. The Balaban J connectivity index is 1.81. The summed E-state index contributed by atoms with van der Waals surface area (Å²) in [5.41, 5.74) is 5.94. The number of nitrogens with zero attached hydrogens (tertiary/aromatic N) is 2. The Morgan fingerprint density at radius 2 is 1.76 bits per heavy atom. The SMILES string of the molecule is CC(O)C(C)N1CCC(N2CCC(N)CC2)C1. The summed E-state index contributed by atoms with van der Waals surface area (Å²) >= 11 is 0. The molecule has 0 aromatic rings. The largest absolute Gasteiger partial charge is 0.392 e. The zero-order valence-electron chi connectivity index (χ0n) is 11.2. The number of aliphatic hydroxyl groups is 1. The highest BCUT2D eigenvalue weighted by atomic mass is 16.3. The number of hydrogen-bond donors (Lipinski definition) is 2. The fourth-order valence-electron chi connectivity index (χ4n) is 3.03. The molecule has 0 amide bonds. The first-order valence-electron chi connectivity index (χ1n) is 6.99. The maximum Gasteiger partial charge on any atom is 0.0664 e. The van der Waals surface area contributed by atoms with Gasteiger partial charge in [-0.25, -0.2) is 0 Å². The lowest BCUT2D eigenvalue weighted by molar-refractivity contribution is 0.0764. The lowest BCUT2D eigenvalue weighted by Gasteiger charge is -2.35. The molecule has 0 spiro atoms. The van der Waals surface area contributed by atoms with Crippen LogP contribution >= 0.6 is 0 Å². The van der Waals surface area contributed by atoms with E-state index in [1.807, 2.05) is 6.92 Å². The van der Waals surface area contributed by atoms with Crippen molar-refractivity contribution in [2.45, 2.75) is 57.3 Å². The zero-order valence-corrected chi connectivity index (χ0v) is 11.2. The molecule has 0 aromatic heterocycles. The summed E-state index contributed by atoms with van der Waals surface area (Å²) in [6.45, 7) is 8.56. The van der Waals surface area contributed by atoms with Crippen LogP contribution in [-0.2, 0) is 0 Å². The quantitative estimate of drug-likeness (QED) is 0.744. The van der Waals surface area contributed by atoms with Gasteiger partial charge in [-0.2, -0.15) is 0 Å². The molecule has 4 nitrogen and oxygen atoms in total. The summed E-state index contributed by atoms with van der Waals surface area (Å²) in [6.07, 6.45) is 3.29. The van der Waals surface area contributed by atoms with Crippen molar-refractivity contribution in [3.8, 4) is 0 Å². The fourth-order valence-corrected chi connectivity index (χ4v) is 3.03. The predicted molar refractivity (Wildman–Crippen MR) is 69.9 cm³/mol. The molecular formula is C13H27N3O. The molecule has 2 heterocycles. The lowest BCUT2D eigenvalue weighted by atomic mass is 10.0. The van der Waals surface area contributed by atoms with Crippen LogP contribution in [0.25, 0.3) is 0 Å². The van der Waals surface area contributed by atoms with E-state index in [1.54, 1.807) is 0 Å². The number of nitrogens with two attached hydrogens (primary N) is 1. The second-order valence-corrected chi connectivity index (χ2v) is 5.79. The van der Waals surface area contributed by atoms with Crippen LogP contribution in [0, 0.1) is 0 Å². The highest BCUT2D eigenvalue weighted by molar-refractivity contribution is 4.89. The zero-order chi connectivity index (χ0) is 12.4. The predicted octanol–water partition coefficient (Wildman–Crippen LogP) is 0.253. The molecule has 2 aliphatic heterocycles. The third-order valence-corrected chi connectivity index (χ3v) is 4.56.